The Hall–Kier alpha value is -1.36. The molecule has 0 aromatic carbocycles. The summed E-state index contributed by atoms with van der Waals surface area (Å²) in [6, 6.07) is 2.32. The van der Waals surface area contributed by atoms with E-state index < -0.39 is 0 Å². The minimum absolute atomic E-state index is 0.0124. The third-order valence-corrected chi connectivity index (χ3v) is 4.73. The summed E-state index contributed by atoms with van der Waals surface area (Å²) in [5, 5.41) is 7.74. The van der Waals surface area contributed by atoms with Crippen LogP contribution < -0.4 is 15.8 Å². The van der Waals surface area contributed by atoms with Crippen molar-refractivity contribution in [1.82, 2.24) is 15.1 Å². The predicted octanol–water partition coefficient (Wildman–Crippen LogP) is 1.87. The van der Waals surface area contributed by atoms with Crippen LogP contribution in [0.15, 0.2) is 17.1 Å². The topological polar surface area (TPSA) is 50.2 Å². The molecule has 1 aliphatic carbocycles. The summed E-state index contributed by atoms with van der Waals surface area (Å²) in [6.45, 7) is 6.70. The standard InChI is InChI=1S/C16H28N4O/c1-4-19(5-2)14-11-16(21)20(18-12-14)10-9-13-7-6-8-15(13)17-3/h11-13,15,17H,4-10H2,1-3H3. The molecule has 0 spiro atoms. The molecule has 1 aromatic rings. The van der Waals surface area contributed by atoms with Crippen LogP contribution in [0.3, 0.4) is 0 Å². The fraction of sp³-hybridized carbons (Fsp3) is 0.750. The Balaban J connectivity index is 1.99. The van der Waals surface area contributed by atoms with Gasteiger partial charge in [0.05, 0.1) is 11.9 Å². The molecule has 1 heterocycles. The van der Waals surface area contributed by atoms with Crippen LogP contribution in [0.1, 0.15) is 39.5 Å². The van der Waals surface area contributed by atoms with E-state index in [0.29, 0.717) is 12.0 Å². The Morgan fingerprint density at radius 3 is 2.76 bits per heavy atom. The molecule has 2 atom stereocenters. The first-order valence-electron chi connectivity index (χ1n) is 8.19. The second-order valence-electron chi connectivity index (χ2n) is 5.82. The maximum absolute atomic E-state index is 12.2. The average Bonchev–Trinajstić information content (AvgIpc) is 2.95. The lowest BCUT2D eigenvalue weighted by Gasteiger charge is -2.21. The normalized spacial score (nSPS) is 21.7. The number of aromatic nitrogens is 2. The molecule has 1 aliphatic rings. The van der Waals surface area contributed by atoms with Crippen LogP contribution >= 0.6 is 0 Å². The van der Waals surface area contributed by atoms with Crippen LogP contribution in [0, 0.1) is 5.92 Å². The Morgan fingerprint density at radius 2 is 2.14 bits per heavy atom. The SMILES string of the molecule is CCN(CC)c1cnn(CCC2CCCC2NC)c(=O)c1. The Morgan fingerprint density at radius 1 is 1.38 bits per heavy atom. The summed E-state index contributed by atoms with van der Waals surface area (Å²) < 4.78 is 1.61. The summed E-state index contributed by atoms with van der Waals surface area (Å²) in [7, 11) is 2.03. The third kappa shape index (κ3) is 3.84. The highest BCUT2D eigenvalue weighted by Gasteiger charge is 2.25. The Labute approximate surface area is 127 Å². The number of aryl methyl sites for hydroxylation is 1. The van der Waals surface area contributed by atoms with E-state index in [4.69, 9.17) is 0 Å². The van der Waals surface area contributed by atoms with Crippen LogP contribution in [0.2, 0.25) is 0 Å². The third-order valence-electron chi connectivity index (χ3n) is 4.73. The molecule has 5 heteroatoms. The van der Waals surface area contributed by atoms with E-state index in [1.54, 1.807) is 10.7 Å². The van der Waals surface area contributed by atoms with Gasteiger partial charge in [-0.2, -0.15) is 5.10 Å². The van der Waals surface area contributed by atoms with E-state index in [9.17, 15) is 4.79 Å². The molecule has 0 bridgehead atoms. The van der Waals surface area contributed by atoms with Crippen LogP contribution in [-0.2, 0) is 6.54 Å². The number of nitrogens with zero attached hydrogens (tertiary/aromatic N) is 3. The second-order valence-corrected chi connectivity index (χ2v) is 5.82. The number of anilines is 1. The largest absolute Gasteiger partial charge is 0.371 e. The molecular weight excluding hydrogens is 264 g/mol. The first-order valence-corrected chi connectivity index (χ1v) is 8.19. The zero-order valence-electron chi connectivity index (χ0n) is 13.5. The molecule has 0 amide bonds. The average molecular weight is 292 g/mol. The smallest absolute Gasteiger partial charge is 0.268 e. The summed E-state index contributed by atoms with van der Waals surface area (Å²) in [6.07, 6.45) is 6.66. The predicted molar refractivity (Wildman–Crippen MR) is 86.9 cm³/mol. The van der Waals surface area contributed by atoms with Crippen molar-refractivity contribution in [2.24, 2.45) is 5.92 Å². The van der Waals surface area contributed by atoms with Crippen molar-refractivity contribution in [3.05, 3.63) is 22.6 Å². The van der Waals surface area contributed by atoms with Crippen molar-refractivity contribution < 1.29 is 0 Å². The molecule has 1 fully saturated rings. The Kier molecular flexibility index (Phi) is 5.79. The van der Waals surface area contributed by atoms with Gasteiger partial charge >= 0.3 is 0 Å². The van der Waals surface area contributed by atoms with E-state index >= 15 is 0 Å². The maximum atomic E-state index is 12.2. The highest BCUT2D eigenvalue weighted by Crippen LogP contribution is 2.28. The summed E-state index contributed by atoms with van der Waals surface area (Å²) in [4.78, 5) is 14.3. The van der Waals surface area contributed by atoms with Gasteiger partial charge in [0, 0.05) is 31.7 Å². The molecule has 2 rings (SSSR count). The lowest BCUT2D eigenvalue weighted by molar-refractivity contribution is 0.365. The quantitative estimate of drug-likeness (QED) is 0.833. The van der Waals surface area contributed by atoms with Crippen LogP contribution in [0.5, 0.6) is 0 Å². The van der Waals surface area contributed by atoms with E-state index in [-0.39, 0.29) is 5.56 Å². The molecule has 1 aromatic heterocycles. The molecule has 1 N–H and O–H groups in total. The summed E-state index contributed by atoms with van der Waals surface area (Å²) in [5.41, 5.74) is 0.939. The van der Waals surface area contributed by atoms with E-state index in [0.717, 1.165) is 31.7 Å². The van der Waals surface area contributed by atoms with Gasteiger partial charge in [-0.25, -0.2) is 4.68 Å². The molecule has 21 heavy (non-hydrogen) atoms. The number of nitrogens with one attached hydrogen (secondary N) is 1. The van der Waals surface area contributed by atoms with Crippen molar-refractivity contribution in [2.45, 2.75) is 52.1 Å². The highest BCUT2D eigenvalue weighted by atomic mass is 16.1. The van der Waals surface area contributed by atoms with Crippen molar-refractivity contribution in [3.8, 4) is 0 Å². The minimum Gasteiger partial charge on any atom is -0.371 e. The first kappa shape index (κ1) is 16.0. The monoisotopic (exact) mass is 292 g/mol. The van der Waals surface area contributed by atoms with Gasteiger partial charge in [0.15, 0.2) is 0 Å². The van der Waals surface area contributed by atoms with Gasteiger partial charge in [-0.3, -0.25) is 4.79 Å². The van der Waals surface area contributed by atoms with Crippen molar-refractivity contribution in [1.29, 1.82) is 0 Å². The van der Waals surface area contributed by atoms with Crippen LogP contribution in [0.4, 0.5) is 5.69 Å². The lowest BCUT2D eigenvalue weighted by Crippen LogP contribution is -2.31. The fourth-order valence-electron chi connectivity index (χ4n) is 3.40. The number of hydrogen-bond acceptors (Lipinski definition) is 4. The fourth-order valence-corrected chi connectivity index (χ4v) is 3.40. The van der Waals surface area contributed by atoms with Gasteiger partial charge in [-0.1, -0.05) is 6.42 Å². The molecule has 0 aliphatic heterocycles. The van der Waals surface area contributed by atoms with Crippen molar-refractivity contribution >= 4 is 5.69 Å². The molecule has 0 saturated heterocycles. The van der Waals surface area contributed by atoms with E-state index in [1.165, 1.54) is 19.3 Å². The number of rotatable bonds is 7. The van der Waals surface area contributed by atoms with Gasteiger partial charge in [-0.15, -0.1) is 0 Å². The van der Waals surface area contributed by atoms with Gasteiger partial charge in [0.1, 0.15) is 0 Å². The molecule has 5 nitrogen and oxygen atoms in total. The highest BCUT2D eigenvalue weighted by molar-refractivity contribution is 5.42. The van der Waals surface area contributed by atoms with Gasteiger partial charge in [-0.05, 0) is 46.1 Å². The molecular formula is C16H28N4O. The zero-order valence-corrected chi connectivity index (χ0v) is 13.5. The van der Waals surface area contributed by atoms with E-state index in [1.807, 2.05) is 13.2 Å². The second kappa shape index (κ2) is 7.59. The maximum Gasteiger partial charge on any atom is 0.268 e. The Bertz CT molecular complexity index is 495. The van der Waals surface area contributed by atoms with Crippen LogP contribution in [-0.4, -0.2) is 36.0 Å². The molecule has 0 radical (unpaired) electrons. The molecule has 2 unspecified atom stereocenters. The van der Waals surface area contributed by atoms with Crippen LogP contribution in [0.25, 0.3) is 0 Å². The van der Waals surface area contributed by atoms with Gasteiger partial charge in [0.2, 0.25) is 0 Å². The number of hydrogen-bond donors (Lipinski definition) is 1. The van der Waals surface area contributed by atoms with Gasteiger partial charge in [0.25, 0.3) is 5.56 Å². The van der Waals surface area contributed by atoms with Gasteiger partial charge < -0.3 is 10.2 Å². The minimum atomic E-state index is 0.0124. The van der Waals surface area contributed by atoms with Crippen molar-refractivity contribution in [2.75, 3.05) is 25.0 Å². The first-order chi connectivity index (χ1) is 10.2. The van der Waals surface area contributed by atoms with E-state index in [2.05, 4.69) is 29.2 Å². The lowest BCUT2D eigenvalue weighted by atomic mass is 10.00. The summed E-state index contributed by atoms with van der Waals surface area (Å²) >= 11 is 0. The van der Waals surface area contributed by atoms with Crippen molar-refractivity contribution in [3.63, 3.8) is 0 Å². The molecule has 1 saturated carbocycles. The zero-order chi connectivity index (χ0) is 15.2. The summed E-state index contributed by atoms with van der Waals surface area (Å²) in [5.74, 6) is 0.672. The molecule has 118 valence electrons.